The molecule has 4 heteroatoms. The molecular weight excluding hydrogens is 230 g/mol. The lowest BCUT2D eigenvalue weighted by Gasteiger charge is -2.21. The van der Waals surface area contributed by atoms with E-state index in [0.29, 0.717) is 10.8 Å². The van der Waals surface area contributed by atoms with Gasteiger partial charge in [-0.05, 0) is 25.5 Å². The van der Waals surface area contributed by atoms with Gasteiger partial charge in [-0.3, -0.25) is 4.79 Å². The second-order valence-electron chi connectivity index (χ2n) is 3.97. The first kappa shape index (κ1) is 12.7. The predicted octanol–water partition coefficient (Wildman–Crippen LogP) is 3.03. The fourth-order valence-electron chi connectivity index (χ4n) is 1.47. The van der Waals surface area contributed by atoms with E-state index >= 15 is 0 Å². The third-order valence-electron chi connectivity index (χ3n) is 2.37. The smallest absolute Gasteiger partial charge is 0.157 e. The third kappa shape index (κ3) is 3.59. The van der Waals surface area contributed by atoms with Crippen LogP contribution in [0.15, 0.2) is 12.1 Å². The van der Waals surface area contributed by atoms with E-state index in [1.54, 1.807) is 6.92 Å². The summed E-state index contributed by atoms with van der Waals surface area (Å²) in [5, 5.41) is 0. The lowest BCUT2D eigenvalue weighted by molar-refractivity contribution is -0.123. The van der Waals surface area contributed by atoms with E-state index in [0.717, 1.165) is 17.7 Å². The van der Waals surface area contributed by atoms with Crippen molar-refractivity contribution in [2.45, 2.75) is 38.6 Å². The molecule has 1 atom stereocenters. The van der Waals surface area contributed by atoms with Crippen molar-refractivity contribution in [1.82, 2.24) is 0 Å². The Morgan fingerprint density at radius 3 is 2.73 bits per heavy atom. The highest BCUT2D eigenvalue weighted by molar-refractivity contribution is 7.16. The van der Waals surface area contributed by atoms with Crippen molar-refractivity contribution in [3.63, 3.8) is 0 Å². The number of ketones is 1. The summed E-state index contributed by atoms with van der Waals surface area (Å²) >= 11 is 7.23. The second kappa shape index (κ2) is 5.10. The number of rotatable bonds is 5. The first-order chi connectivity index (χ1) is 6.95. The average Bonchev–Trinajstić information content (AvgIpc) is 2.51. The highest BCUT2D eigenvalue weighted by atomic mass is 35.5. The van der Waals surface area contributed by atoms with Crippen LogP contribution in [0.5, 0.6) is 0 Å². The van der Waals surface area contributed by atoms with E-state index in [2.05, 4.69) is 0 Å². The van der Waals surface area contributed by atoms with Gasteiger partial charge in [0, 0.05) is 11.3 Å². The van der Waals surface area contributed by atoms with E-state index in [9.17, 15) is 4.79 Å². The molecular formula is C11H16ClNOS. The van der Waals surface area contributed by atoms with Gasteiger partial charge in [-0.15, -0.1) is 11.3 Å². The Morgan fingerprint density at radius 2 is 2.27 bits per heavy atom. The molecule has 1 unspecified atom stereocenters. The first-order valence-corrected chi connectivity index (χ1v) is 6.21. The van der Waals surface area contributed by atoms with Crippen molar-refractivity contribution in [3.05, 3.63) is 21.3 Å². The van der Waals surface area contributed by atoms with Crippen LogP contribution in [0.1, 0.15) is 31.6 Å². The van der Waals surface area contributed by atoms with E-state index in [-0.39, 0.29) is 5.78 Å². The molecule has 15 heavy (non-hydrogen) atoms. The molecule has 0 amide bonds. The summed E-state index contributed by atoms with van der Waals surface area (Å²) in [6.45, 7) is 3.83. The molecule has 0 fully saturated rings. The zero-order valence-electron chi connectivity index (χ0n) is 9.05. The molecule has 1 rings (SSSR count). The quantitative estimate of drug-likeness (QED) is 0.867. The molecule has 2 nitrogen and oxygen atoms in total. The van der Waals surface area contributed by atoms with Crippen LogP contribution in [0.25, 0.3) is 0 Å². The summed E-state index contributed by atoms with van der Waals surface area (Å²) in [5.74, 6) is 0.0860. The SMILES string of the molecule is CCCC(C)(N)C(=O)Cc1ccc(Cl)s1. The summed E-state index contributed by atoms with van der Waals surface area (Å²) < 4.78 is 0.715. The molecule has 1 aromatic rings. The van der Waals surface area contributed by atoms with Gasteiger partial charge < -0.3 is 5.73 Å². The average molecular weight is 246 g/mol. The van der Waals surface area contributed by atoms with Crippen LogP contribution in [-0.4, -0.2) is 11.3 Å². The van der Waals surface area contributed by atoms with Gasteiger partial charge in [-0.25, -0.2) is 0 Å². The molecule has 0 spiro atoms. The Hall–Kier alpha value is -0.380. The van der Waals surface area contributed by atoms with Crippen molar-refractivity contribution in [2.24, 2.45) is 5.73 Å². The van der Waals surface area contributed by atoms with Crippen LogP contribution >= 0.6 is 22.9 Å². The number of carbonyl (C=O) groups excluding carboxylic acids is 1. The van der Waals surface area contributed by atoms with Crippen LogP contribution in [0.4, 0.5) is 0 Å². The molecule has 0 aromatic carbocycles. The molecule has 0 radical (unpaired) electrons. The highest BCUT2D eigenvalue weighted by Gasteiger charge is 2.27. The van der Waals surface area contributed by atoms with Gasteiger partial charge >= 0.3 is 0 Å². The minimum atomic E-state index is -0.703. The van der Waals surface area contributed by atoms with Crippen molar-refractivity contribution >= 4 is 28.7 Å². The monoisotopic (exact) mass is 245 g/mol. The zero-order chi connectivity index (χ0) is 11.5. The number of carbonyl (C=O) groups is 1. The molecule has 1 heterocycles. The van der Waals surface area contributed by atoms with Gasteiger partial charge in [0.1, 0.15) is 0 Å². The summed E-state index contributed by atoms with van der Waals surface area (Å²) in [7, 11) is 0. The molecule has 0 aliphatic rings. The Kier molecular flexibility index (Phi) is 4.32. The standard InChI is InChI=1S/C11H16ClNOS/c1-3-6-11(2,13)9(14)7-8-4-5-10(12)15-8/h4-5H,3,6-7,13H2,1-2H3. The van der Waals surface area contributed by atoms with Crippen LogP contribution in [0, 0.1) is 0 Å². The maximum absolute atomic E-state index is 11.9. The van der Waals surface area contributed by atoms with Gasteiger partial charge in [0.25, 0.3) is 0 Å². The van der Waals surface area contributed by atoms with Gasteiger partial charge in [-0.2, -0.15) is 0 Å². The minimum absolute atomic E-state index is 0.0860. The molecule has 84 valence electrons. The van der Waals surface area contributed by atoms with Crippen LogP contribution in [-0.2, 0) is 11.2 Å². The van der Waals surface area contributed by atoms with E-state index in [4.69, 9.17) is 17.3 Å². The maximum atomic E-state index is 11.9. The van der Waals surface area contributed by atoms with Gasteiger partial charge in [0.2, 0.25) is 0 Å². The van der Waals surface area contributed by atoms with Crippen LogP contribution < -0.4 is 5.73 Å². The Labute approximate surface area is 99.4 Å². The summed E-state index contributed by atoms with van der Waals surface area (Å²) in [6, 6.07) is 3.69. The van der Waals surface area contributed by atoms with E-state index in [1.165, 1.54) is 11.3 Å². The largest absolute Gasteiger partial charge is 0.319 e. The predicted molar refractivity (Wildman–Crippen MR) is 65.5 cm³/mol. The first-order valence-electron chi connectivity index (χ1n) is 5.02. The van der Waals surface area contributed by atoms with Crippen LogP contribution in [0.2, 0.25) is 4.34 Å². The third-order valence-corrected chi connectivity index (χ3v) is 3.60. The van der Waals surface area contributed by atoms with Crippen molar-refractivity contribution in [2.75, 3.05) is 0 Å². The van der Waals surface area contributed by atoms with Gasteiger partial charge in [-0.1, -0.05) is 24.9 Å². The summed E-state index contributed by atoms with van der Waals surface area (Å²) in [5.41, 5.74) is 5.24. The molecule has 1 aromatic heterocycles. The lowest BCUT2D eigenvalue weighted by atomic mass is 9.90. The summed E-state index contributed by atoms with van der Waals surface area (Å²) in [4.78, 5) is 12.9. The van der Waals surface area contributed by atoms with E-state index in [1.807, 2.05) is 19.1 Å². The fraction of sp³-hybridized carbons (Fsp3) is 0.545. The summed E-state index contributed by atoms with van der Waals surface area (Å²) in [6.07, 6.45) is 2.04. The van der Waals surface area contributed by atoms with Crippen LogP contribution in [0.3, 0.4) is 0 Å². The number of Topliss-reactive ketones (excluding diaryl/α,β-unsaturated/α-hetero) is 1. The lowest BCUT2D eigenvalue weighted by Crippen LogP contribution is -2.45. The zero-order valence-corrected chi connectivity index (χ0v) is 10.6. The second-order valence-corrected chi connectivity index (χ2v) is 5.77. The molecule has 0 saturated heterocycles. The van der Waals surface area contributed by atoms with Crippen molar-refractivity contribution < 1.29 is 4.79 Å². The van der Waals surface area contributed by atoms with Crippen molar-refractivity contribution in [1.29, 1.82) is 0 Å². The number of halogens is 1. The Balaban J connectivity index is 2.63. The normalized spacial score (nSPS) is 14.9. The van der Waals surface area contributed by atoms with E-state index < -0.39 is 5.54 Å². The number of hydrogen-bond donors (Lipinski definition) is 1. The molecule has 0 saturated carbocycles. The Bertz CT molecular complexity index is 346. The number of thiophene rings is 1. The van der Waals surface area contributed by atoms with Crippen molar-refractivity contribution in [3.8, 4) is 0 Å². The number of nitrogens with two attached hydrogens (primary N) is 1. The molecule has 0 aliphatic carbocycles. The number of hydrogen-bond acceptors (Lipinski definition) is 3. The Morgan fingerprint density at radius 1 is 1.60 bits per heavy atom. The fourth-order valence-corrected chi connectivity index (χ4v) is 2.55. The molecule has 2 N–H and O–H groups in total. The molecule has 0 bridgehead atoms. The van der Waals surface area contributed by atoms with Gasteiger partial charge in [0.15, 0.2) is 5.78 Å². The molecule has 0 aliphatic heterocycles. The minimum Gasteiger partial charge on any atom is -0.319 e. The topological polar surface area (TPSA) is 43.1 Å². The maximum Gasteiger partial charge on any atom is 0.157 e. The van der Waals surface area contributed by atoms with Gasteiger partial charge in [0.05, 0.1) is 9.88 Å². The highest BCUT2D eigenvalue weighted by Crippen LogP contribution is 2.23.